The summed E-state index contributed by atoms with van der Waals surface area (Å²) < 4.78 is 51.5. The zero-order chi connectivity index (χ0) is 36.4. The van der Waals surface area contributed by atoms with Crippen LogP contribution in [-0.4, -0.2) is 84.4 Å². The van der Waals surface area contributed by atoms with Gasteiger partial charge in [-0.25, -0.2) is 4.79 Å². The van der Waals surface area contributed by atoms with Crippen molar-refractivity contribution < 1.29 is 42.1 Å². The highest BCUT2D eigenvalue weighted by atomic mass is 19.4. The number of anilines is 2. The number of carbonyl (C=O) groups is 3. The normalized spacial score (nSPS) is 19.7. The summed E-state index contributed by atoms with van der Waals surface area (Å²) >= 11 is 0. The van der Waals surface area contributed by atoms with E-state index < -0.39 is 35.8 Å². The number of ether oxygens (including phenoxy) is 2. The van der Waals surface area contributed by atoms with Gasteiger partial charge in [0.15, 0.2) is 0 Å². The first-order valence-electron chi connectivity index (χ1n) is 16.7. The number of hydrogen-bond donors (Lipinski definition) is 3. The molecule has 0 radical (unpaired) electrons. The molecule has 1 aliphatic heterocycles. The summed E-state index contributed by atoms with van der Waals surface area (Å²) in [5.74, 6) is -0.733. The Kier molecular flexibility index (Phi) is 13.3. The largest absolute Gasteiger partial charge is 0.490 e. The molecule has 0 aromatic heterocycles. The fourth-order valence-corrected chi connectivity index (χ4v) is 5.57. The maximum atomic E-state index is 14.3. The number of halogens is 3. The van der Waals surface area contributed by atoms with E-state index in [0.717, 1.165) is 18.6 Å². The zero-order valence-electron chi connectivity index (χ0n) is 28.7. The van der Waals surface area contributed by atoms with Crippen molar-refractivity contribution >= 4 is 29.2 Å². The Bertz CT molecular complexity index is 1590. The molecule has 3 aromatic carbocycles. The highest BCUT2D eigenvalue weighted by molar-refractivity contribution is 6.05. The average Bonchev–Trinajstić information content (AvgIpc) is 3.09. The predicted molar refractivity (Wildman–Crippen MR) is 184 cm³/mol. The molecule has 50 heavy (non-hydrogen) atoms. The van der Waals surface area contributed by atoms with Crippen molar-refractivity contribution in [2.24, 2.45) is 5.92 Å². The average molecular weight is 699 g/mol. The molecule has 270 valence electrons. The second kappa shape index (κ2) is 17.3. The number of nitrogens with zero attached hydrogens (tertiary/aromatic N) is 2. The van der Waals surface area contributed by atoms with Crippen molar-refractivity contribution in [2.75, 3.05) is 44.0 Å². The van der Waals surface area contributed by atoms with Crippen LogP contribution in [0.15, 0.2) is 72.8 Å². The number of benzene rings is 3. The highest BCUT2D eigenvalue weighted by Gasteiger charge is 2.32. The van der Waals surface area contributed by atoms with Gasteiger partial charge in [0, 0.05) is 49.6 Å². The zero-order valence-corrected chi connectivity index (χ0v) is 28.7. The first kappa shape index (κ1) is 38.2. The van der Waals surface area contributed by atoms with Crippen molar-refractivity contribution in [3.05, 3.63) is 89.5 Å². The molecule has 3 aromatic rings. The summed E-state index contributed by atoms with van der Waals surface area (Å²) in [5, 5.41) is 15.7. The Hall–Kier alpha value is -4.62. The third-order valence-corrected chi connectivity index (χ3v) is 8.61. The van der Waals surface area contributed by atoms with E-state index in [1.807, 2.05) is 19.9 Å². The molecular weight excluding hydrogens is 653 g/mol. The number of hydrogen-bond acceptors (Lipinski definition) is 6. The number of nitrogens with one attached hydrogen (secondary N) is 2. The van der Waals surface area contributed by atoms with Crippen LogP contribution in [0, 0.1) is 5.92 Å². The topological polar surface area (TPSA) is 120 Å². The molecule has 1 heterocycles. The fraction of sp³-hybridized carbons (Fsp3) is 0.432. The van der Waals surface area contributed by atoms with Crippen molar-refractivity contribution in [1.82, 2.24) is 9.80 Å². The summed E-state index contributed by atoms with van der Waals surface area (Å²) in [6.07, 6.45) is -3.11. The first-order chi connectivity index (χ1) is 23.8. The molecule has 0 unspecified atom stereocenters. The Morgan fingerprint density at radius 1 is 1.00 bits per heavy atom. The second-order valence-corrected chi connectivity index (χ2v) is 12.7. The lowest BCUT2D eigenvalue weighted by molar-refractivity contribution is -0.137. The molecule has 10 nitrogen and oxygen atoms in total. The molecule has 0 spiro atoms. The first-order valence-corrected chi connectivity index (χ1v) is 16.7. The van der Waals surface area contributed by atoms with Crippen molar-refractivity contribution in [2.45, 2.75) is 64.5 Å². The number of urea groups is 1. The Labute approximate surface area is 290 Å². The van der Waals surface area contributed by atoms with Gasteiger partial charge in [0.2, 0.25) is 0 Å². The lowest BCUT2D eigenvalue weighted by Gasteiger charge is -2.35. The van der Waals surface area contributed by atoms with Gasteiger partial charge in [-0.15, -0.1) is 0 Å². The fourth-order valence-electron chi connectivity index (χ4n) is 5.57. The van der Waals surface area contributed by atoms with E-state index in [4.69, 9.17) is 9.47 Å². The molecule has 1 aliphatic rings. The minimum absolute atomic E-state index is 0.120. The van der Waals surface area contributed by atoms with Crippen LogP contribution in [0.1, 0.15) is 66.3 Å². The van der Waals surface area contributed by atoms with E-state index in [1.54, 1.807) is 56.4 Å². The second-order valence-electron chi connectivity index (χ2n) is 12.7. The number of alkyl halides is 3. The van der Waals surface area contributed by atoms with Gasteiger partial charge in [-0.1, -0.05) is 25.1 Å². The van der Waals surface area contributed by atoms with Crippen LogP contribution in [0.4, 0.5) is 29.3 Å². The van der Waals surface area contributed by atoms with E-state index in [2.05, 4.69) is 10.6 Å². The number of likely N-dealkylation sites (N-methyl/N-ethyl adjacent to an activating group) is 1. The molecule has 0 bridgehead atoms. The van der Waals surface area contributed by atoms with E-state index in [0.29, 0.717) is 36.4 Å². The molecule has 4 atom stereocenters. The van der Waals surface area contributed by atoms with Crippen molar-refractivity contribution in [3.8, 4) is 5.75 Å². The third-order valence-electron chi connectivity index (χ3n) is 8.61. The number of amides is 4. The molecular formula is C37H45F3N4O6. The summed E-state index contributed by atoms with van der Waals surface area (Å²) in [4.78, 5) is 43.2. The van der Waals surface area contributed by atoms with Gasteiger partial charge in [0.05, 0.1) is 36.0 Å². The predicted octanol–water partition coefficient (Wildman–Crippen LogP) is 6.92. The Morgan fingerprint density at radius 2 is 1.68 bits per heavy atom. The maximum absolute atomic E-state index is 14.3. The quantitative estimate of drug-likeness (QED) is 0.247. The molecule has 13 heteroatoms. The molecule has 4 rings (SSSR count). The van der Waals surface area contributed by atoms with Gasteiger partial charge in [-0.2, -0.15) is 13.2 Å². The van der Waals surface area contributed by atoms with Gasteiger partial charge in [0.25, 0.3) is 11.8 Å². The smallest absolute Gasteiger partial charge is 0.416 e. The molecule has 0 fully saturated rings. The van der Waals surface area contributed by atoms with E-state index in [1.165, 1.54) is 21.9 Å². The van der Waals surface area contributed by atoms with Gasteiger partial charge in [-0.05, 0) is 87.7 Å². The number of fused-ring (bicyclic) bond motifs is 1. The van der Waals surface area contributed by atoms with Crippen LogP contribution >= 0.6 is 0 Å². The number of rotatable bonds is 7. The SMILES string of the molecule is C[C@@H]1CCCCO[C@@H](CN(C)C(=O)Nc2ccc(C(F)(F)F)cc2)[C@H](C)CN([C@H](C)CO)C(=O)c2cc(NC(=O)c3ccccc3)ccc2O1. The van der Waals surface area contributed by atoms with Crippen LogP contribution in [0.5, 0.6) is 5.75 Å². The van der Waals surface area contributed by atoms with Crippen LogP contribution in [0.3, 0.4) is 0 Å². The Balaban J connectivity index is 1.57. The molecule has 4 amide bonds. The van der Waals surface area contributed by atoms with Crippen molar-refractivity contribution in [3.63, 3.8) is 0 Å². The van der Waals surface area contributed by atoms with Gasteiger partial charge in [0.1, 0.15) is 5.75 Å². The molecule has 0 aliphatic carbocycles. The Morgan fingerprint density at radius 3 is 2.34 bits per heavy atom. The lowest BCUT2D eigenvalue weighted by atomic mass is 10.0. The third kappa shape index (κ3) is 10.4. The summed E-state index contributed by atoms with van der Waals surface area (Å²) in [6.45, 7) is 5.85. The van der Waals surface area contributed by atoms with Crippen LogP contribution < -0.4 is 15.4 Å². The standard InChI is InChI=1S/C37H45F3N4O6/c1-24-21-44(25(2)23-45)35(47)31-20-30(41-34(46)27-11-6-5-7-12-27)17-18-32(31)50-26(3)10-8-9-19-49-33(24)22-43(4)36(48)42-29-15-13-28(14-16-29)37(38,39)40/h5-7,11-18,20,24-26,33,45H,8-10,19,21-23H2,1-4H3,(H,41,46)(H,42,48)/t24-,25-,26-,33+/m1/s1. The number of carbonyl (C=O) groups excluding carboxylic acids is 3. The summed E-state index contributed by atoms with van der Waals surface area (Å²) in [7, 11) is 1.56. The number of aliphatic hydroxyl groups excluding tert-OH is 1. The molecule has 0 saturated heterocycles. The van der Waals surface area contributed by atoms with E-state index >= 15 is 0 Å². The van der Waals surface area contributed by atoms with E-state index in [9.17, 15) is 32.7 Å². The number of aliphatic hydroxyl groups is 1. The highest BCUT2D eigenvalue weighted by Crippen LogP contribution is 2.31. The van der Waals surface area contributed by atoms with Gasteiger partial charge >= 0.3 is 12.2 Å². The maximum Gasteiger partial charge on any atom is 0.416 e. The van der Waals surface area contributed by atoms with E-state index in [-0.39, 0.29) is 48.9 Å². The van der Waals surface area contributed by atoms with Gasteiger partial charge in [-0.3, -0.25) is 9.59 Å². The lowest BCUT2D eigenvalue weighted by Crippen LogP contribution is -2.48. The van der Waals surface area contributed by atoms with Crippen LogP contribution in [-0.2, 0) is 10.9 Å². The minimum atomic E-state index is -4.49. The van der Waals surface area contributed by atoms with Crippen LogP contribution in [0.25, 0.3) is 0 Å². The summed E-state index contributed by atoms with van der Waals surface area (Å²) in [6, 6.07) is 16.6. The van der Waals surface area contributed by atoms with Gasteiger partial charge < -0.3 is 35.0 Å². The van der Waals surface area contributed by atoms with Crippen molar-refractivity contribution in [1.29, 1.82) is 0 Å². The summed E-state index contributed by atoms with van der Waals surface area (Å²) in [5.41, 5.74) is 0.460. The van der Waals surface area contributed by atoms with Crippen LogP contribution in [0.2, 0.25) is 0 Å². The molecule has 0 saturated carbocycles. The minimum Gasteiger partial charge on any atom is -0.490 e. The monoisotopic (exact) mass is 698 g/mol. The molecule has 3 N–H and O–H groups in total.